The molecule has 19 heavy (non-hydrogen) atoms. The number of aliphatic hydroxyl groups is 1. The first-order chi connectivity index (χ1) is 9.15. The fourth-order valence-corrected chi connectivity index (χ4v) is 1.95. The van der Waals surface area contributed by atoms with Gasteiger partial charge in [0.2, 0.25) is 0 Å². The smallest absolute Gasteiger partial charge is 0.315 e. The molecule has 1 rings (SSSR count). The number of aliphatic hydroxyl groups excluding tert-OH is 1. The van der Waals surface area contributed by atoms with Crippen LogP contribution in [0.25, 0.3) is 0 Å². The summed E-state index contributed by atoms with van der Waals surface area (Å²) >= 11 is 0. The fourth-order valence-electron chi connectivity index (χ4n) is 1.95. The highest BCUT2D eigenvalue weighted by Gasteiger charge is 2.22. The molecular formula is C13H21N3O3. The predicted molar refractivity (Wildman–Crippen MR) is 76.8 cm³/mol. The van der Waals surface area contributed by atoms with Crippen LogP contribution in [0.5, 0.6) is 0 Å². The number of likely N-dealkylation sites (N-methyl/N-ethyl adjacent to an activating group) is 1. The molecule has 0 unspecified atom stereocenters. The van der Waals surface area contributed by atoms with E-state index in [1.165, 1.54) is 0 Å². The Morgan fingerprint density at radius 3 is 2.68 bits per heavy atom. The Bertz CT molecular complexity index is 424. The van der Waals surface area contributed by atoms with Gasteiger partial charge in [-0.2, -0.15) is 0 Å². The Morgan fingerprint density at radius 1 is 1.42 bits per heavy atom. The first-order valence-corrected chi connectivity index (χ1v) is 6.52. The SMILES string of the molecule is CCCNc1cccc(N(CC)CCO)c1[N+](=O)[O-]. The highest BCUT2D eigenvalue weighted by molar-refractivity contribution is 5.77. The minimum absolute atomic E-state index is 0.0301. The average molecular weight is 267 g/mol. The number of benzene rings is 1. The summed E-state index contributed by atoms with van der Waals surface area (Å²) in [4.78, 5) is 12.7. The van der Waals surface area contributed by atoms with Crippen LogP contribution >= 0.6 is 0 Å². The molecule has 0 radical (unpaired) electrons. The molecule has 106 valence electrons. The second kappa shape index (κ2) is 7.58. The van der Waals surface area contributed by atoms with E-state index in [-0.39, 0.29) is 17.2 Å². The highest BCUT2D eigenvalue weighted by atomic mass is 16.6. The van der Waals surface area contributed by atoms with Crippen LogP contribution in [-0.4, -0.2) is 36.3 Å². The van der Waals surface area contributed by atoms with Crippen molar-refractivity contribution >= 4 is 17.1 Å². The second-order valence-electron chi connectivity index (χ2n) is 4.16. The molecule has 0 bridgehead atoms. The Labute approximate surface area is 113 Å². The minimum Gasteiger partial charge on any atom is -0.395 e. The Kier molecular flexibility index (Phi) is 6.08. The third-order valence-electron chi connectivity index (χ3n) is 2.86. The summed E-state index contributed by atoms with van der Waals surface area (Å²) in [6.07, 6.45) is 0.898. The molecule has 0 amide bonds. The van der Waals surface area contributed by atoms with Crippen LogP contribution in [0, 0.1) is 10.1 Å². The first-order valence-electron chi connectivity index (χ1n) is 6.52. The maximum absolute atomic E-state index is 11.3. The van der Waals surface area contributed by atoms with E-state index in [2.05, 4.69) is 5.32 Å². The van der Waals surface area contributed by atoms with Crippen molar-refractivity contribution in [2.75, 3.05) is 36.5 Å². The molecule has 0 saturated heterocycles. The molecule has 0 heterocycles. The van der Waals surface area contributed by atoms with Gasteiger partial charge in [0.1, 0.15) is 11.4 Å². The van der Waals surface area contributed by atoms with Crippen LogP contribution < -0.4 is 10.2 Å². The van der Waals surface area contributed by atoms with Crippen molar-refractivity contribution in [3.8, 4) is 0 Å². The number of para-hydroxylation sites is 1. The van der Waals surface area contributed by atoms with Gasteiger partial charge in [-0.05, 0) is 25.5 Å². The number of hydrogen-bond donors (Lipinski definition) is 2. The van der Waals surface area contributed by atoms with Crippen LogP contribution in [0.3, 0.4) is 0 Å². The van der Waals surface area contributed by atoms with Gasteiger partial charge in [-0.15, -0.1) is 0 Å². The number of hydrogen-bond acceptors (Lipinski definition) is 5. The Morgan fingerprint density at radius 2 is 2.16 bits per heavy atom. The lowest BCUT2D eigenvalue weighted by atomic mass is 10.2. The number of nitro groups is 1. The molecule has 0 atom stereocenters. The largest absolute Gasteiger partial charge is 0.395 e. The molecule has 0 fully saturated rings. The molecule has 6 heteroatoms. The molecule has 6 nitrogen and oxygen atoms in total. The van der Waals surface area contributed by atoms with Gasteiger partial charge in [-0.25, -0.2) is 0 Å². The van der Waals surface area contributed by atoms with Crippen LogP contribution in [0.1, 0.15) is 20.3 Å². The Balaban J connectivity index is 3.18. The monoisotopic (exact) mass is 267 g/mol. The van der Waals surface area contributed by atoms with Crippen molar-refractivity contribution in [2.24, 2.45) is 0 Å². The first kappa shape index (κ1) is 15.2. The summed E-state index contributed by atoms with van der Waals surface area (Å²) in [7, 11) is 0. The van der Waals surface area contributed by atoms with E-state index >= 15 is 0 Å². The van der Waals surface area contributed by atoms with Gasteiger partial charge in [0, 0.05) is 19.6 Å². The van der Waals surface area contributed by atoms with Crippen molar-refractivity contribution in [3.05, 3.63) is 28.3 Å². The van der Waals surface area contributed by atoms with Crippen LogP contribution in [0.2, 0.25) is 0 Å². The minimum atomic E-state index is -0.368. The van der Waals surface area contributed by atoms with Crippen molar-refractivity contribution in [1.82, 2.24) is 0 Å². The summed E-state index contributed by atoms with van der Waals surface area (Å²) in [5, 5.41) is 23.4. The van der Waals surface area contributed by atoms with Crippen LogP contribution in [-0.2, 0) is 0 Å². The van der Waals surface area contributed by atoms with Crippen molar-refractivity contribution in [2.45, 2.75) is 20.3 Å². The van der Waals surface area contributed by atoms with Gasteiger partial charge in [0.15, 0.2) is 0 Å². The number of nitrogens with zero attached hydrogens (tertiary/aromatic N) is 2. The lowest BCUT2D eigenvalue weighted by Crippen LogP contribution is -2.27. The van der Waals surface area contributed by atoms with Crippen LogP contribution in [0.15, 0.2) is 18.2 Å². The molecule has 1 aromatic rings. The van der Waals surface area contributed by atoms with Gasteiger partial charge in [0.25, 0.3) is 0 Å². The third-order valence-corrected chi connectivity index (χ3v) is 2.86. The normalized spacial score (nSPS) is 10.3. The fraction of sp³-hybridized carbons (Fsp3) is 0.538. The summed E-state index contributed by atoms with van der Waals surface area (Å²) in [6, 6.07) is 5.22. The lowest BCUT2D eigenvalue weighted by Gasteiger charge is -2.22. The zero-order chi connectivity index (χ0) is 14.3. The second-order valence-corrected chi connectivity index (χ2v) is 4.16. The number of nitro benzene ring substituents is 1. The highest BCUT2D eigenvalue weighted by Crippen LogP contribution is 2.35. The van der Waals surface area contributed by atoms with Crippen molar-refractivity contribution < 1.29 is 10.0 Å². The molecule has 0 aliphatic heterocycles. The Hall–Kier alpha value is -1.82. The lowest BCUT2D eigenvalue weighted by molar-refractivity contribution is -0.383. The standard InChI is InChI=1S/C13H21N3O3/c1-3-8-14-11-6-5-7-12(13(11)16(18)19)15(4-2)9-10-17/h5-7,14,17H,3-4,8-10H2,1-2H3. The van der Waals surface area contributed by atoms with Gasteiger partial charge in [0.05, 0.1) is 11.5 Å². The molecule has 2 N–H and O–H groups in total. The van der Waals surface area contributed by atoms with E-state index in [0.29, 0.717) is 31.0 Å². The van der Waals surface area contributed by atoms with Crippen molar-refractivity contribution in [3.63, 3.8) is 0 Å². The van der Waals surface area contributed by atoms with E-state index < -0.39 is 0 Å². The maximum Gasteiger partial charge on any atom is 0.315 e. The van der Waals surface area contributed by atoms with E-state index in [1.807, 2.05) is 13.8 Å². The van der Waals surface area contributed by atoms with Crippen molar-refractivity contribution in [1.29, 1.82) is 0 Å². The van der Waals surface area contributed by atoms with E-state index in [0.717, 1.165) is 6.42 Å². The third kappa shape index (κ3) is 3.82. The summed E-state index contributed by atoms with van der Waals surface area (Å²) in [6.45, 7) is 5.57. The quantitative estimate of drug-likeness (QED) is 0.558. The summed E-state index contributed by atoms with van der Waals surface area (Å²) < 4.78 is 0. The topological polar surface area (TPSA) is 78.6 Å². The van der Waals surface area contributed by atoms with Gasteiger partial charge >= 0.3 is 5.69 Å². The van der Waals surface area contributed by atoms with Gasteiger partial charge in [-0.3, -0.25) is 10.1 Å². The van der Waals surface area contributed by atoms with E-state index in [1.54, 1.807) is 23.1 Å². The summed E-state index contributed by atoms with van der Waals surface area (Å²) in [5.41, 5.74) is 1.15. The predicted octanol–water partition coefficient (Wildman–Crippen LogP) is 2.24. The average Bonchev–Trinajstić information content (AvgIpc) is 2.41. The number of nitrogens with one attached hydrogen (secondary N) is 1. The number of anilines is 2. The molecular weight excluding hydrogens is 246 g/mol. The molecule has 0 saturated carbocycles. The molecule has 0 aliphatic rings. The van der Waals surface area contributed by atoms with E-state index in [4.69, 9.17) is 5.11 Å². The van der Waals surface area contributed by atoms with Crippen LogP contribution in [0.4, 0.5) is 17.1 Å². The van der Waals surface area contributed by atoms with E-state index in [9.17, 15) is 10.1 Å². The van der Waals surface area contributed by atoms with Gasteiger partial charge < -0.3 is 15.3 Å². The number of rotatable bonds is 8. The molecule has 0 aromatic heterocycles. The zero-order valence-corrected chi connectivity index (χ0v) is 11.4. The summed E-state index contributed by atoms with van der Waals surface area (Å²) in [5.74, 6) is 0. The zero-order valence-electron chi connectivity index (χ0n) is 11.4. The molecule has 0 spiro atoms. The van der Waals surface area contributed by atoms with Gasteiger partial charge in [-0.1, -0.05) is 13.0 Å². The maximum atomic E-state index is 11.3. The molecule has 0 aliphatic carbocycles. The molecule has 1 aromatic carbocycles.